The Morgan fingerprint density at radius 1 is 1.23 bits per heavy atom. The van der Waals surface area contributed by atoms with Gasteiger partial charge in [-0.05, 0) is 38.8 Å². The minimum Gasteiger partial charge on any atom is -0.492 e. The third-order valence-electron chi connectivity index (χ3n) is 5.35. The van der Waals surface area contributed by atoms with Gasteiger partial charge in [-0.2, -0.15) is 5.10 Å². The van der Waals surface area contributed by atoms with Crippen LogP contribution in [0.5, 0.6) is 5.75 Å². The number of nitrogens with one attached hydrogen (secondary N) is 1. The molecule has 1 N–H and O–H groups in total. The summed E-state index contributed by atoms with van der Waals surface area (Å²) in [5.41, 5.74) is 0.570. The summed E-state index contributed by atoms with van der Waals surface area (Å²) in [5.74, 6) is 1.62. The van der Waals surface area contributed by atoms with E-state index in [9.17, 15) is 9.59 Å². The Morgan fingerprint density at radius 2 is 1.97 bits per heavy atom. The molecule has 0 spiro atoms. The van der Waals surface area contributed by atoms with Crippen LogP contribution < -0.4 is 15.7 Å². The molecule has 3 rings (SSSR count). The van der Waals surface area contributed by atoms with E-state index in [1.165, 1.54) is 4.68 Å². The number of nitrogens with zero attached hydrogens (tertiary/aromatic N) is 4. The lowest BCUT2D eigenvalue weighted by Gasteiger charge is -2.31. The molecule has 30 heavy (non-hydrogen) atoms. The summed E-state index contributed by atoms with van der Waals surface area (Å²) < 4.78 is 13.9. The molecule has 0 aliphatic carbocycles. The Labute approximate surface area is 176 Å². The Balaban J connectivity index is 1.64. The van der Waals surface area contributed by atoms with Gasteiger partial charge in [-0.3, -0.25) is 4.57 Å². The summed E-state index contributed by atoms with van der Waals surface area (Å²) in [5, 5.41) is 7.51. The topological polar surface area (TPSA) is 90.6 Å². The van der Waals surface area contributed by atoms with Gasteiger partial charge in [0, 0.05) is 32.7 Å². The van der Waals surface area contributed by atoms with Crippen LogP contribution in [-0.2, 0) is 17.8 Å². The van der Waals surface area contributed by atoms with Gasteiger partial charge in [-0.1, -0.05) is 12.1 Å². The molecule has 2 aromatic rings. The van der Waals surface area contributed by atoms with Crippen molar-refractivity contribution in [1.29, 1.82) is 0 Å². The van der Waals surface area contributed by atoms with Crippen molar-refractivity contribution in [1.82, 2.24) is 19.2 Å². The standard InChI is InChI=1S/C21H31N5O4/c1-4-25-19(23-26(21(25)28)14-15-29-3)16-10-12-24(13-11-16)20(27)22-17-8-6-7-9-18(17)30-5-2/h6-9,16H,4-5,10-15H2,1-3H3,(H,22,27). The van der Waals surface area contributed by atoms with Gasteiger partial charge in [-0.15, -0.1) is 0 Å². The second-order valence-corrected chi connectivity index (χ2v) is 7.22. The molecular formula is C21H31N5O4. The molecule has 0 unspecified atom stereocenters. The molecule has 1 aliphatic heterocycles. The third kappa shape index (κ3) is 4.84. The Hall–Kier alpha value is -2.81. The second kappa shape index (κ2) is 10.3. The van der Waals surface area contributed by atoms with Gasteiger partial charge >= 0.3 is 11.7 Å². The summed E-state index contributed by atoms with van der Waals surface area (Å²) in [4.78, 5) is 27.1. The van der Waals surface area contributed by atoms with Crippen molar-refractivity contribution < 1.29 is 14.3 Å². The second-order valence-electron chi connectivity index (χ2n) is 7.22. The molecule has 0 radical (unpaired) electrons. The summed E-state index contributed by atoms with van der Waals surface area (Å²) in [6.45, 7) is 7.08. The number of methoxy groups -OCH3 is 1. The summed E-state index contributed by atoms with van der Waals surface area (Å²) in [6, 6.07) is 7.29. The Morgan fingerprint density at radius 3 is 2.63 bits per heavy atom. The Bertz CT molecular complexity index is 899. The zero-order chi connectivity index (χ0) is 21.5. The first-order valence-electron chi connectivity index (χ1n) is 10.5. The lowest BCUT2D eigenvalue weighted by molar-refractivity contribution is 0.181. The van der Waals surface area contributed by atoms with Crippen molar-refractivity contribution in [2.24, 2.45) is 0 Å². The average Bonchev–Trinajstić information content (AvgIpc) is 3.09. The highest BCUT2D eigenvalue weighted by Crippen LogP contribution is 2.28. The van der Waals surface area contributed by atoms with E-state index in [-0.39, 0.29) is 17.6 Å². The monoisotopic (exact) mass is 417 g/mol. The van der Waals surface area contributed by atoms with Gasteiger partial charge in [0.1, 0.15) is 11.6 Å². The predicted molar refractivity (Wildman–Crippen MR) is 114 cm³/mol. The van der Waals surface area contributed by atoms with Gasteiger partial charge in [0.15, 0.2) is 0 Å². The van der Waals surface area contributed by atoms with E-state index in [2.05, 4.69) is 10.4 Å². The molecule has 9 nitrogen and oxygen atoms in total. The van der Waals surface area contributed by atoms with Gasteiger partial charge in [0.05, 0.1) is 25.4 Å². The molecule has 1 fully saturated rings. The average molecular weight is 418 g/mol. The minimum absolute atomic E-state index is 0.0998. The first kappa shape index (κ1) is 21.9. The number of anilines is 1. The highest BCUT2D eigenvalue weighted by Gasteiger charge is 2.28. The maximum atomic E-state index is 12.7. The number of carbonyl (C=O) groups is 1. The van der Waals surface area contributed by atoms with Crippen LogP contribution >= 0.6 is 0 Å². The summed E-state index contributed by atoms with van der Waals surface area (Å²) in [7, 11) is 1.61. The molecule has 0 bridgehead atoms. The molecular weight excluding hydrogens is 386 g/mol. The van der Waals surface area contributed by atoms with Crippen LogP contribution in [0.15, 0.2) is 29.1 Å². The fourth-order valence-corrected chi connectivity index (χ4v) is 3.77. The van der Waals surface area contributed by atoms with Crippen LogP contribution in [0.2, 0.25) is 0 Å². The van der Waals surface area contributed by atoms with Crippen LogP contribution in [-0.4, -0.2) is 58.7 Å². The number of benzene rings is 1. The number of amides is 2. The molecule has 1 aromatic heterocycles. The van der Waals surface area contributed by atoms with Gasteiger partial charge in [-0.25, -0.2) is 14.3 Å². The van der Waals surface area contributed by atoms with Crippen LogP contribution in [0.4, 0.5) is 10.5 Å². The van der Waals surface area contributed by atoms with Crippen molar-refractivity contribution in [2.75, 3.05) is 38.7 Å². The molecule has 9 heteroatoms. The van der Waals surface area contributed by atoms with Crippen LogP contribution in [0.3, 0.4) is 0 Å². The van der Waals surface area contributed by atoms with Gasteiger partial charge < -0.3 is 19.7 Å². The number of aromatic nitrogens is 3. The SMILES string of the molecule is CCOc1ccccc1NC(=O)N1CCC(c2nn(CCOC)c(=O)n2CC)CC1. The first-order chi connectivity index (χ1) is 14.6. The van der Waals surface area contributed by atoms with E-state index in [0.717, 1.165) is 18.7 Å². The number of rotatable bonds is 8. The van der Waals surface area contributed by atoms with E-state index in [1.807, 2.05) is 38.1 Å². The van der Waals surface area contributed by atoms with Crippen molar-refractivity contribution in [3.8, 4) is 5.75 Å². The molecule has 164 valence electrons. The fourth-order valence-electron chi connectivity index (χ4n) is 3.77. The van der Waals surface area contributed by atoms with Crippen LogP contribution in [0.1, 0.15) is 38.4 Å². The zero-order valence-electron chi connectivity index (χ0n) is 18.0. The number of carbonyl (C=O) groups excluding carboxylic acids is 1. The van der Waals surface area contributed by atoms with Crippen LogP contribution in [0, 0.1) is 0 Å². The predicted octanol–water partition coefficient (Wildman–Crippen LogP) is 2.52. The van der Waals surface area contributed by atoms with E-state index < -0.39 is 0 Å². The quantitative estimate of drug-likeness (QED) is 0.713. The van der Waals surface area contributed by atoms with Crippen LogP contribution in [0.25, 0.3) is 0 Å². The molecule has 0 atom stereocenters. The Kier molecular flexibility index (Phi) is 7.51. The summed E-state index contributed by atoms with van der Waals surface area (Å²) >= 11 is 0. The molecule has 0 saturated carbocycles. The zero-order valence-corrected chi connectivity index (χ0v) is 18.0. The maximum absolute atomic E-state index is 12.7. The lowest BCUT2D eigenvalue weighted by Crippen LogP contribution is -2.41. The number of para-hydroxylation sites is 2. The number of hydrogen-bond acceptors (Lipinski definition) is 5. The largest absolute Gasteiger partial charge is 0.492 e. The third-order valence-corrected chi connectivity index (χ3v) is 5.35. The highest BCUT2D eigenvalue weighted by molar-refractivity contribution is 5.91. The van der Waals surface area contributed by atoms with Crippen molar-refractivity contribution in [3.63, 3.8) is 0 Å². The van der Waals surface area contributed by atoms with Gasteiger partial charge in [0.2, 0.25) is 0 Å². The number of ether oxygens (including phenoxy) is 2. The number of urea groups is 1. The molecule has 1 aromatic carbocycles. The lowest BCUT2D eigenvalue weighted by atomic mass is 9.96. The first-order valence-corrected chi connectivity index (χ1v) is 10.5. The number of piperidine rings is 1. The van der Waals surface area contributed by atoms with Crippen molar-refractivity contribution in [2.45, 2.75) is 45.7 Å². The minimum atomic E-state index is -0.140. The van der Waals surface area contributed by atoms with Crippen molar-refractivity contribution >= 4 is 11.7 Å². The molecule has 1 saturated heterocycles. The van der Waals surface area contributed by atoms with E-state index >= 15 is 0 Å². The van der Waals surface area contributed by atoms with E-state index in [1.54, 1.807) is 16.6 Å². The number of hydrogen-bond donors (Lipinski definition) is 1. The number of likely N-dealkylation sites (tertiary alicyclic amines) is 1. The molecule has 2 heterocycles. The van der Waals surface area contributed by atoms with Crippen molar-refractivity contribution in [3.05, 3.63) is 40.6 Å². The van der Waals surface area contributed by atoms with Gasteiger partial charge in [0.25, 0.3) is 0 Å². The molecule has 1 aliphatic rings. The maximum Gasteiger partial charge on any atom is 0.345 e. The van der Waals surface area contributed by atoms with E-state index in [4.69, 9.17) is 9.47 Å². The van der Waals surface area contributed by atoms with E-state index in [0.29, 0.717) is 50.8 Å². The highest BCUT2D eigenvalue weighted by atomic mass is 16.5. The summed E-state index contributed by atoms with van der Waals surface area (Å²) in [6.07, 6.45) is 1.53. The molecule has 2 amide bonds. The smallest absolute Gasteiger partial charge is 0.345 e. The fraction of sp³-hybridized carbons (Fsp3) is 0.571. The normalized spacial score (nSPS) is 14.7.